The van der Waals surface area contributed by atoms with E-state index in [9.17, 15) is 9.59 Å². The fourth-order valence-electron chi connectivity index (χ4n) is 2.58. The van der Waals surface area contributed by atoms with Gasteiger partial charge in [0.2, 0.25) is 5.91 Å². The van der Waals surface area contributed by atoms with E-state index in [2.05, 4.69) is 16.0 Å². The Morgan fingerprint density at radius 1 is 1.33 bits per heavy atom. The number of hydrogen-bond donors (Lipinski definition) is 3. The summed E-state index contributed by atoms with van der Waals surface area (Å²) in [5.74, 6) is 0.487. The minimum atomic E-state index is -0.0714. The predicted molar refractivity (Wildman–Crippen MR) is 81.3 cm³/mol. The summed E-state index contributed by atoms with van der Waals surface area (Å²) in [7, 11) is 0. The van der Waals surface area contributed by atoms with E-state index in [1.807, 2.05) is 31.2 Å². The van der Waals surface area contributed by atoms with Gasteiger partial charge in [-0.2, -0.15) is 0 Å². The highest BCUT2D eigenvalue weighted by molar-refractivity contribution is 5.95. The summed E-state index contributed by atoms with van der Waals surface area (Å²) in [6.45, 7) is 5.14. The second kappa shape index (κ2) is 5.73. The number of nitrogens with one attached hydrogen (secondary N) is 3. The van der Waals surface area contributed by atoms with Crippen molar-refractivity contribution in [1.29, 1.82) is 0 Å². The van der Waals surface area contributed by atoms with Gasteiger partial charge in [-0.3, -0.25) is 9.69 Å². The third kappa shape index (κ3) is 2.85. The predicted octanol–water partition coefficient (Wildman–Crippen LogP) is 1.01. The molecular formula is C15H20N4O2. The van der Waals surface area contributed by atoms with Crippen LogP contribution < -0.4 is 20.9 Å². The molecule has 0 saturated carbocycles. The van der Waals surface area contributed by atoms with E-state index in [4.69, 9.17) is 0 Å². The highest BCUT2D eigenvalue weighted by atomic mass is 16.2. The first-order valence-electron chi connectivity index (χ1n) is 7.32. The smallest absolute Gasteiger partial charge is 0.321 e. The monoisotopic (exact) mass is 288 g/mol. The van der Waals surface area contributed by atoms with Gasteiger partial charge >= 0.3 is 6.03 Å². The zero-order valence-corrected chi connectivity index (χ0v) is 12.1. The standard InChI is InChI=1S/C15H20N4O2/c1-10(11-8-16-9-11)14(20)18-12-2-4-13(5-3-12)19-7-6-17-15(19)21/h2-5,10-11,16H,6-9H2,1H3,(H,17,21)(H,18,20). The maximum absolute atomic E-state index is 12.1. The molecule has 3 N–H and O–H groups in total. The Balaban J connectivity index is 1.61. The van der Waals surface area contributed by atoms with Crippen LogP contribution in [0.5, 0.6) is 0 Å². The van der Waals surface area contributed by atoms with Crippen molar-refractivity contribution in [3.63, 3.8) is 0 Å². The van der Waals surface area contributed by atoms with Crippen molar-refractivity contribution in [2.45, 2.75) is 6.92 Å². The summed E-state index contributed by atoms with van der Waals surface area (Å²) in [4.78, 5) is 25.4. The first kappa shape index (κ1) is 13.9. The SMILES string of the molecule is CC(C(=O)Nc1ccc(N2CCNC2=O)cc1)C1CNC1. The molecule has 1 unspecified atom stereocenters. The van der Waals surface area contributed by atoms with Crippen LogP contribution in [-0.2, 0) is 4.79 Å². The van der Waals surface area contributed by atoms with Crippen molar-refractivity contribution in [1.82, 2.24) is 10.6 Å². The van der Waals surface area contributed by atoms with Crippen molar-refractivity contribution in [2.24, 2.45) is 11.8 Å². The number of nitrogens with zero attached hydrogens (tertiary/aromatic N) is 1. The third-order valence-electron chi connectivity index (χ3n) is 4.24. The molecule has 2 aliphatic rings. The molecule has 0 spiro atoms. The van der Waals surface area contributed by atoms with Crippen molar-refractivity contribution in [3.05, 3.63) is 24.3 Å². The van der Waals surface area contributed by atoms with Gasteiger partial charge in [-0.25, -0.2) is 4.79 Å². The Bertz CT molecular complexity index is 539. The largest absolute Gasteiger partial charge is 0.336 e. The first-order chi connectivity index (χ1) is 10.1. The van der Waals surface area contributed by atoms with Gasteiger partial charge in [0.15, 0.2) is 0 Å². The quantitative estimate of drug-likeness (QED) is 0.774. The highest BCUT2D eigenvalue weighted by Crippen LogP contribution is 2.21. The minimum Gasteiger partial charge on any atom is -0.336 e. The van der Waals surface area contributed by atoms with Crippen LogP contribution in [0.25, 0.3) is 0 Å². The maximum atomic E-state index is 12.1. The second-order valence-corrected chi connectivity index (χ2v) is 5.63. The molecule has 2 heterocycles. The molecule has 0 bridgehead atoms. The molecule has 2 saturated heterocycles. The molecule has 0 aromatic heterocycles. The van der Waals surface area contributed by atoms with Gasteiger partial charge in [0.1, 0.15) is 0 Å². The summed E-state index contributed by atoms with van der Waals surface area (Å²) in [5.41, 5.74) is 1.61. The lowest BCUT2D eigenvalue weighted by molar-refractivity contribution is -0.121. The van der Waals surface area contributed by atoms with Gasteiger partial charge in [0, 0.05) is 30.4 Å². The lowest BCUT2D eigenvalue weighted by Gasteiger charge is -2.31. The van der Waals surface area contributed by atoms with Crippen LogP contribution in [0, 0.1) is 11.8 Å². The topological polar surface area (TPSA) is 73.5 Å². The van der Waals surface area contributed by atoms with Crippen molar-refractivity contribution in [3.8, 4) is 0 Å². The second-order valence-electron chi connectivity index (χ2n) is 5.63. The summed E-state index contributed by atoms with van der Waals surface area (Å²) < 4.78 is 0. The molecule has 2 aliphatic heterocycles. The molecule has 3 rings (SSSR count). The number of rotatable bonds is 4. The average Bonchev–Trinajstić information content (AvgIpc) is 2.84. The van der Waals surface area contributed by atoms with Crippen LogP contribution in [0.15, 0.2) is 24.3 Å². The van der Waals surface area contributed by atoms with Gasteiger partial charge in [-0.05, 0) is 43.3 Å². The van der Waals surface area contributed by atoms with Crippen molar-refractivity contribution < 1.29 is 9.59 Å². The van der Waals surface area contributed by atoms with Gasteiger partial charge in [-0.15, -0.1) is 0 Å². The fraction of sp³-hybridized carbons (Fsp3) is 0.467. The van der Waals surface area contributed by atoms with E-state index >= 15 is 0 Å². The Hall–Kier alpha value is -2.08. The Morgan fingerprint density at radius 3 is 2.57 bits per heavy atom. The minimum absolute atomic E-state index is 0.00952. The molecular weight excluding hydrogens is 268 g/mol. The van der Waals surface area contributed by atoms with Crippen molar-refractivity contribution >= 4 is 23.3 Å². The van der Waals surface area contributed by atoms with Crippen LogP contribution in [0.3, 0.4) is 0 Å². The van der Waals surface area contributed by atoms with E-state index in [1.165, 1.54) is 0 Å². The zero-order valence-electron chi connectivity index (χ0n) is 12.1. The number of benzene rings is 1. The Morgan fingerprint density at radius 2 is 2.05 bits per heavy atom. The normalized spacial score (nSPS) is 19.9. The van der Waals surface area contributed by atoms with Crippen LogP contribution in [0.4, 0.5) is 16.2 Å². The lowest BCUT2D eigenvalue weighted by Crippen LogP contribution is -2.48. The van der Waals surface area contributed by atoms with Crippen molar-refractivity contribution in [2.75, 3.05) is 36.4 Å². The number of urea groups is 1. The van der Waals surface area contributed by atoms with E-state index in [1.54, 1.807) is 4.90 Å². The van der Waals surface area contributed by atoms with Gasteiger partial charge in [0.05, 0.1) is 0 Å². The molecule has 1 aromatic rings. The van der Waals surface area contributed by atoms with E-state index in [0.717, 1.165) is 24.5 Å². The zero-order chi connectivity index (χ0) is 14.8. The molecule has 112 valence electrons. The number of carbonyl (C=O) groups excluding carboxylic acids is 2. The number of anilines is 2. The summed E-state index contributed by atoms with van der Waals surface area (Å²) in [6, 6.07) is 7.32. The summed E-state index contributed by atoms with van der Waals surface area (Å²) in [5, 5.41) is 8.88. The average molecular weight is 288 g/mol. The molecule has 3 amide bonds. The van der Waals surface area contributed by atoms with Gasteiger partial charge in [0.25, 0.3) is 0 Å². The highest BCUT2D eigenvalue weighted by Gasteiger charge is 2.28. The third-order valence-corrected chi connectivity index (χ3v) is 4.24. The lowest BCUT2D eigenvalue weighted by atomic mass is 9.88. The molecule has 0 radical (unpaired) electrons. The van der Waals surface area contributed by atoms with Gasteiger partial charge < -0.3 is 16.0 Å². The molecule has 2 fully saturated rings. The van der Waals surface area contributed by atoms with E-state index in [-0.39, 0.29) is 17.9 Å². The Labute approximate surface area is 123 Å². The van der Waals surface area contributed by atoms with E-state index < -0.39 is 0 Å². The Kier molecular flexibility index (Phi) is 3.79. The molecule has 6 heteroatoms. The van der Waals surface area contributed by atoms with Crippen LogP contribution in [0.2, 0.25) is 0 Å². The molecule has 0 aliphatic carbocycles. The first-order valence-corrected chi connectivity index (χ1v) is 7.32. The molecule has 1 aromatic carbocycles. The van der Waals surface area contributed by atoms with Crippen LogP contribution in [0.1, 0.15) is 6.92 Å². The molecule has 1 atom stereocenters. The van der Waals surface area contributed by atoms with E-state index in [0.29, 0.717) is 19.0 Å². The number of amides is 3. The number of carbonyl (C=O) groups is 2. The molecule has 21 heavy (non-hydrogen) atoms. The van der Waals surface area contributed by atoms with Crippen LogP contribution in [-0.4, -0.2) is 38.1 Å². The fourth-order valence-corrected chi connectivity index (χ4v) is 2.58. The number of hydrogen-bond acceptors (Lipinski definition) is 3. The van der Waals surface area contributed by atoms with Crippen LogP contribution >= 0.6 is 0 Å². The van der Waals surface area contributed by atoms with Gasteiger partial charge in [-0.1, -0.05) is 6.92 Å². The summed E-state index contributed by atoms with van der Waals surface area (Å²) >= 11 is 0. The summed E-state index contributed by atoms with van der Waals surface area (Å²) in [6.07, 6.45) is 0. The maximum Gasteiger partial charge on any atom is 0.321 e. The molecule has 6 nitrogen and oxygen atoms in total.